The Morgan fingerprint density at radius 2 is 1.85 bits per heavy atom. The zero-order valence-electron chi connectivity index (χ0n) is 7.19. The van der Waals surface area contributed by atoms with Gasteiger partial charge in [0.15, 0.2) is 0 Å². The minimum absolute atomic E-state index is 0.0879. The van der Waals surface area contributed by atoms with Crippen LogP contribution in [0.3, 0.4) is 0 Å². The van der Waals surface area contributed by atoms with Crippen LogP contribution in [-0.4, -0.2) is 16.2 Å². The first-order valence-electron chi connectivity index (χ1n) is 3.76. The molecule has 0 fully saturated rings. The summed E-state index contributed by atoms with van der Waals surface area (Å²) >= 11 is 0. The number of carbonyl (C=O) groups is 1. The number of aromatic hydroxyl groups is 1. The number of hydrogen-bond donors (Lipinski definition) is 3. The van der Waals surface area contributed by atoms with Crippen LogP contribution in [-0.2, 0) is 10.3 Å². The van der Waals surface area contributed by atoms with Gasteiger partial charge in [0.25, 0.3) is 0 Å². The summed E-state index contributed by atoms with van der Waals surface area (Å²) in [5, 5.41) is 17.7. The molecular formula is C9H11NO3. The van der Waals surface area contributed by atoms with Crippen LogP contribution < -0.4 is 5.73 Å². The highest BCUT2D eigenvalue weighted by Crippen LogP contribution is 2.20. The fourth-order valence-electron chi connectivity index (χ4n) is 0.931. The first-order valence-corrected chi connectivity index (χ1v) is 3.76. The SMILES string of the molecule is CC(N)(C(=O)O)c1ccc(O)cc1. The van der Waals surface area contributed by atoms with Gasteiger partial charge in [-0.05, 0) is 24.6 Å². The number of benzene rings is 1. The number of aliphatic carboxylic acids is 1. The Kier molecular flexibility index (Phi) is 2.25. The van der Waals surface area contributed by atoms with Crippen molar-refractivity contribution in [2.75, 3.05) is 0 Å². The maximum atomic E-state index is 10.7. The Labute approximate surface area is 75.6 Å². The van der Waals surface area contributed by atoms with E-state index in [4.69, 9.17) is 15.9 Å². The lowest BCUT2D eigenvalue weighted by molar-refractivity contribution is -0.143. The molecular weight excluding hydrogens is 170 g/mol. The van der Waals surface area contributed by atoms with Gasteiger partial charge >= 0.3 is 5.97 Å². The number of carboxylic acid groups (broad SMARTS) is 1. The van der Waals surface area contributed by atoms with Crippen molar-refractivity contribution in [1.82, 2.24) is 0 Å². The number of nitrogens with two attached hydrogens (primary N) is 1. The summed E-state index contributed by atoms with van der Waals surface area (Å²) in [6, 6.07) is 5.79. The van der Waals surface area contributed by atoms with Gasteiger partial charge in [0.05, 0.1) is 0 Å². The molecule has 1 aromatic carbocycles. The molecule has 0 aliphatic heterocycles. The molecule has 0 bridgehead atoms. The van der Waals surface area contributed by atoms with Gasteiger partial charge in [0, 0.05) is 0 Å². The van der Waals surface area contributed by atoms with E-state index in [0.717, 1.165) is 0 Å². The molecule has 4 N–H and O–H groups in total. The number of phenols is 1. The molecule has 4 heteroatoms. The number of carboxylic acids is 1. The van der Waals surface area contributed by atoms with E-state index in [-0.39, 0.29) is 5.75 Å². The highest BCUT2D eigenvalue weighted by Gasteiger charge is 2.29. The lowest BCUT2D eigenvalue weighted by Gasteiger charge is -2.19. The molecule has 4 nitrogen and oxygen atoms in total. The van der Waals surface area contributed by atoms with Crippen molar-refractivity contribution in [3.63, 3.8) is 0 Å². The summed E-state index contributed by atoms with van der Waals surface area (Å²) < 4.78 is 0. The highest BCUT2D eigenvalue weighted by atomic mass is 16.4. The summed E-state index contributed by atoms with van der Waals surface area (Å²) in [6.07, 6.45) is 0. The van der Waals surface area contributed by atoms with Crippen molar-refractivity contribution in [2.45, 2.75) is 12.5 Å². The predicted molar refractivity (Wildman–Crippen MR) is 47.3 cm³/mol. The van der Waals surface area contributed by atoms with E-state index < -0.39 is 11.5 Å². The topological polar surface area (TPSA) is 83.6 Å². The van der Waals surface area contributed by atoms with Crippen molar-refractivity contribution in [2.24, 2.45) is 5.73 Å². The fraction of sp³-hybridized carbons (Fsp3) is 0.222. The second-order valence-corrected chi connectivity index (χ2v) is 3.05. The van der Waals surface area contributed by atoms with Gasteiger partial charge in [-0.25, -0.2) is 4.79 Å². The third kappa shape index (κ3) is 1.78. The quantitative estimate of drug-likeness (QED) is 0.625. The molecule has 70 valence electrons. The third-order valence-corrected chi connectivity index (χ3v) is 1.91. The molecule has 1 rings (SSSR count). The van der Waals surface area contributed by atoms with Gasteiger partial charge in [-0.3, -0.25) is 0 Å². The van der Waals surface area contributed by atoms with Crippen LogP contribution in [0.1, 0.15) is 12.5 Å². The Bertz CT molecular complexity index is 316. The highest BCUT2D eigenvalue weighted by molar-refractivity contribution is 5.79. The van der Waals surface area contributed by atoms with Crippen LogP contribution in [0.15, 0.2) is 24.3 Å². The fourth-order valence-corrected chi connectivity index (χ4v) is 0.931. The minimum atomic E-state index is -1.41. The summed E-state index contributed by atoms with van der Waals surface area (Å²) in [7, 11) is 0. The Balaban J connectivity index is 3.08. The minimum Gasteiger partial charge on any atom is -0.508 e. The lowest BCUT2D eigenvalue weighted by atomic mass is 9.93. The van der Waals surface area contributed by atoms with Crippen LogP contribution in [0.25, 0.3) is 0 Å². The van der Waals surface area contributed by atoms with E-state index >= 15 is 0 Å². The van der Waals surface area contributed by atoms with Crippen LogP contribution in [0.5, 0.6) is 5.75 Å². The van der Waals surface area contributed by atoms with Crippen molar-refractivity contribution in [3.8, 4) is 5.75 Å². The average Bonchev–Trinajstić information content (AvgIpc) is 2.04. The molecule has 0 radical (unpaired) electrons. The number of rotatable bonds is 2. The molecule has 0 aromatic heterocycles. The molecule has 0 amide bonds. The molecule has 0 saturated carbocycles. The zero-order chi connectivity index (χ0) is 10.1. The van der Waals surface area contributed by atoms with E-state index in [1.165, 1.54) is 31.2 Å². The largest absolute Gasteiger partial charge is 0.508 e. The van der Waals surface area contributed by atoms with E-state index in [9.17, 15) is 4.79 Å². The molecule has 0 saturated heterocycles. The monoisotopic (exact) mass is 181 g/mol. The molecule has 0 aliphatic carbocycles. The normalized spacial score (nSPS) is 14.9. The zero-order valence-corrected chi connectivity index (χ0v) is 7.19. The number of phenolic OH excluding ortho intramolecular Hbond substituents is 1. The van der Waals surface area contributed by atoms with Crippen LogP contribution in [0, 0.1) is 0 Å². The second kappa shape index (κ2) is 3.06. The van der Waals surface area contributed by atoms with Gasteiger partial charge in [-0.1, -0.05) is 12.1 Å². The third-order valence-electron chi connectivity index (χ3n) is 1.91. The van der Waals surface area contributed by atoms with Crippen LogP contribution >= 0.6 is 0 Å². The smallest absolute Gasteiger partial charge is 0.328 e. The molecule has 1 atom stereocenters. The maximum Gasteiger partial charge on any atom is 0.328 e. The molecule has 0 heterocycles. The molecule has 0 spiro atoms. The molecule has 0 aliphatic rings. The van der Waals surface area contributed by atoms with Crippen LogP contribution in [0.2, 0.25) is 0 Å². The van der Waals surface area contributed by atoms with Gasteiger partial charge in [-0.15, -0.1) is 0 Å². The molecule has 1 unspecified atom stereocenters. The predicted octanol–water partition coefficient (Wildman–Crippen LogP) is 0.651. The first-order chi connectivity index (χ1) is 5.94. The Morgan fingerprint density at radius 1 is 1.38 bits per heavy atom. The maximum absolute atomic E-state index is 10.7. The summed E-state index contributed by atoms with van der Waals surface area (Å²) in [6.45, 7) is 1.40. The lowest BCUT2D eigenvalue weighted by Crippen LogP contribution is -2.41. The van der Waals surface area contributed by atoms with E-state index in [2.05, 4.69) is 0 Å². The van der Waals surface area contributed by atoms with Crippen molar-refractivity contribution >= 4 is 5.97 Å². The van der Waals surface area contributed by atoms with Crippen molar-refractivity contribution in [3.05, 3.63) is 29.8 Å². The standard InChI is InChI=1S/C9H11NO3/c1-9(10,8(12)13)6-2-4-7(11)5-3-6/h2-5,11H,10H2,1H3,(H,12,13). The molecule has 13 heavy (non-hydrogen) atoms. The summed E-state index contributed by atoms with van der Waals surface area (Å²) in [4.78, 5) is 10.7. The van der Waals surface area contributed by atoms with E-state index in [1.807, 2.05) is 0 Å². The Morgan fingerprint density at radius 3 is 2.23 bits per heavy atom. The van der Waals surface area contributed by atoms with E-state index in [1.54, 1.807) is 0 Å². The average molecular weight is 181 g/mol. The van der Waals surface area contributed by atoms with Gasteiger partial charge in [0.2, 0.25) is 0 Å². The first kappa shape index (κ1) is 9.54. The van der Waals surface area contributed by atoms with Gasteiger partial charge in [0.1, 0.15) is 11.3 Å². The van der Waals surface area contributed by atoms with E-state index in [0.29, 0.717) is 5.56 Å². The Hall–Kier alpha value is -1.55. The van der Waals surface area contributed by atoms with Crippen LogP contribution in [0.4, 0.5) is 0 Å². The van der Waals surface area contributed by atoms with Crippen molar-refractivity contribution < 1.29 is 15.0 Å². The number of hydrogen-bond acceptors (Lipinski definition) is 3. The van der Waals surface area contributed by atoms with Crippen molar-refractivity contribution in [1.29, 1.82) is 0 Å². The van der Waals surface area contributed by atoms with Gasteiger partial charge < -0.3 is 15.9 Å². The van der Waals surface area contributed by atoms with Gasteiger partial charge in [-0.2, -0.15) is 0 Å². The molecule has 1 aromatic rings. The summed E-state index contributed by atoms with van der Waals surface area (Å²) in [5.74, 6) is -1.01. The summed E-state index contributed by atoms with van der Waals surface area (Å²) in [5.41, 5.74) is 4.60. The second-order valence-electron chi connectivity index (χ2n) is 3.05.